The molecule has 1 fully saturated rings. The van der Waals surface area contributed by atoms with Crippen molar-refractivity contribution in [3.63, 3.8) is 0 Å². The predicted molar refractivity (Wildman–Crippen MR) is 79.6 cm³/mol. The van der Waals surface area contributed by atoms with E-state index >= 15 is 0 Å². The van der Waals surface area contributed by atoms with Crippen LogP contribution < -0.4 is 0 Å². The van der Waals surface area contributed by atoms with Crippen LogP contribution in [0.1, 0.15) is 19.8 Å². The molecule has 0 aliphatic carbocycles. The van der Waals surface area contributed by atoms with E-state index in [-0.39, 0.29) is 10.9 Å². The van der Waals surface area contributed by atoms with Gasteiger partial charge in [0.1, 0.15) is 0 Å². The predicted octanol–water partition coefficient (Wildman–Crippen LogP) is 2.38. The van der Waals surface area contributed by atoms with Gasteiger partial charge in [0.05, 0.1) is 11.4 Å². The quantitative estimate of drug-likeness (QED) is 0.907. The van der Waals surface area contributed by atoms with Gasteiger partial charge in [-0.05, 0) is 30.7 Å². The Labute approximate surface area is 124 Å². The van der Waals surface area contributed by atoms with Gasteiger partial charge >= 0.3 is 0 Å². The van der Waals surface area contributed by atoms with E-state index in [1.54, 1.807) is 17.0 Å². The summed E-state index contributed by atoms with van der Waals surface area (Å²) >= 11 is 5.77. The van der Waals surface area contributed by atoms with E-state index in [9.17, 15) is 8.42 Å². The number of benzene rings is 1. The number of hydrogen-bond acceptors (Lipinski definition) is 3. The third kappa shape index (κ3) is 2.91. The number of halogens is 1. The van der Waals surface area contributed by atoms with Crippen LogP contribution in [0.5, 0.6) is 0 Å². The Morgan fingerprint density at radius 2 is 1.90 bits per heavy atom. The minimum atomic E-state index is -3.65. The molecule has 1 aliphatic rings. The van der Waals surface area contributed by atoms with Crippen LogP contribution in [0.2, 0.25) is 5.02 Å². The van der Waals surface area contributed by atoms with Crippen molar-refractivity contribution in [2.24, 2.45) is 0 Å². The molecule has 1 aromatic carbocycles. The zero-order valence-electron chi connectivity index (χ0n) is 11.3. The van der Waals surface area contributed by atoms with Crippen LogP contribution in [-0.4, -0.2) is 43.2 Å². The van der Waals surface area contributed by atoms with Crippen molar-refractivity contribution in [3.05, 3.63) is 29.3 Å². The molecular weight excluding hydrogens is 298 g/mol. The second-order valence-electron chi connectivity index (χ2n) is 4.70. The van der Waals surface area contributed by atoms with Crippen molar-refractivity contribution < 1.29 is 8.42 Å². The third-order valence-electron chi connectivity index (χ3n) is 3.29. The fourth-order valence-corrected chi connectivity index (χ4v) is 3.64. The SMILES string of the molecule is CCCCN1CCN(S(=O)(=O)c2ccc(Cl)cc2)C1=N. The maximum absolute atomic E-state index is 12.5. The van der Waals surface area contributed by atoms with Gasteiger partial charge in [0.25, 0.3) is 10.0 Å². The molecule has 0 aromatic heterocycles. The Morgan fingerprint density at radius 1 is 1.25 bits per heavy atom. The molecule has 1 aromatic rings. The van der Waals surface area contributed by atoms with Crippen molar-refractivity contribution in [1.29, 1.82) is 5.41 Å². The molecule has 7 heteroatoms. The molecular formula is C13H18ClN3O2S. The van der Waals surface area contributed by atoms with Gasteiger partial charge in [0.2, 0.25) is 5.96 Å². The molecule has 0 amide bonds. The average molecular weight is 316 g/mol. The molecule has 110 valence electrons. The van der Waals surface area contributed by atoms with Crippen molar-refractivity contribution in [3.8, 4) is 0 Å². The summed E-state index contributed by atoms with van der Waals surface area (Å²) in [5.41, 5.74) is 0. The monoisotopic (exact) mass is 315 g/mol. The van der Waals surface area contributed by atoms with Gasteiger partial charge in [0, 0.05) is 18.1 Å². The van der Waals surface area contributed by atoms with Gasteiger partial charge in [-0.25, -0.2) is 12.7 Å². The highest BCUT2D eigenvalue weighted by Crippen LogP contribution is 2.22. The molecule has 0 atom stereocenters. The van der Waals surface area contributed by atoms with Crippen molar-refractivity contribution >= 4 is 27.6 Å². The lowest BCUT2D eigenvalue weighted by atomic mass is 10.3. The maximum atomic E-state index is 12.5. The van der Waals surface area contributed by atoms with Crippen molar-refractivity contribution in [2.45, 2.75) is 24.7 Å². The van der Waals surface area contributed by atoms with Gasteiger partial charge in [-0.1, -0.05) is 24.9 Å². The number of sulfonamides is 1. The summed E-state index contributed by atoms with van der Waals surface area (Å²) in [5.74, 6) is 0.0633. The first-order valence-corrected chi connectivity index (χ1v) is 8.40. The molecule has 1 heterocycles. The van der Waals surface area contributed by atoms with Crippen LogP contribution >= 0.6 is 11.6 Å². The van der Waals surface area contributed by atoms with Gasteiger partial charge in [-0.3, -0.25) is 5.41 Å². The summed E-state index contributed by atoms with van der Waals surface area (Å²) in [5, 5.41) is 8.53. The van der Waals surface area contributed by atoms with Crippen molar-refractivity contribution in [2.75, 3.05) is 19.6 Å². The highest BCUT2D eigenvalue weighted by atomic mass is 35.5. The molecule has 1 aliphatic heterocycles. The Balaban J connectivity index is 2.19. The second kappa shape index (κ2) is 6.01. The largest absolute Gasteiger partial charge is 0.340 e. The fourth-order valence-electron chi connectivity index (χ4n) is 2.12. The lowest BCUT2D eigenvalue weighted by Gasteiger charge is -2.21. The summed E-state index contributed by atoms with van der Waals surface area (Å²) in [6.07, 6.45) is 1.98. The lowest BCUT2D eigenvalue weighted by Crippen LogP contribution is -2.37. The first-order valence-electron chi connectivity index (χ1n) is 6.58. The van der Waals surface area contributed by atoms with E-state index < -0.39 is 10.0 Å². The molecule has 20 heavy (non-hydrogen) atoms. The molecule has 1 saturated heterocycles. The molecule has 0 bridgehead atoms. The Bertz CT molecular complexity index is 586. The Morgan fingerprint density at radius 3 is 2.50 bits per heavy atom. The van der Waals surface area contributed by atoms with E-state index in [0.717, 1.165) is 23.7 Å². The fraction of sp³-hybridized carbons (Fsp3) is 0.462. The van der Waals surface area contributed by atoms with Crippen LogP contribution in [0.3, 0.4) is 0 Å². The molecule has 0 spiro atoms. The van der Waals surface area contributed by atoms with E-state index in [1.807, 2.05) is 0 Å². The van der Waals surface area contributed by atoms with Crippen LogP contribution in [-0.2, 0) is 10.0 Å². The zero-order valence-corrected chi connectivity index (χ0v) is 12.9. The average Bonchev–Trinajstić information content (AvgIpc) is 2.79. The van der Waals surface area contributed by atoms with Gasteiger partial charge in [-0.15, -0.1) is 0 Å². The number of unbranched alkanes of at least 4 members (excludes halogenated alkanes) is 1. The molecule has 0 radical (unpaired) electrons. The van der Waals surface area contributed by atoms with Crippen LogP contribution in [0.4, 0.5) is 0 Å². The summed E-state index contributed by atoms with van der Waals surface area (Å²) < 4.78 is 26.1. The standard InChI is InChI=1S/C13H18ClN3O2S/c1-2-3-8-16-9-10-17(13(16)15)20(18,19)12-6-4-11(14)5-7-12/h4-7,15H,2-3,8-10H2,1H3. The highest BCUT2D eigenvalue weighted by Gasteiger charge is 2.34. The minimum absolute atomic E-state index is 0.0633. The van der Waals surface area contributed by atoms with Crippen LogP contribution in [0, 0.1) is 5.41 Å². The molecule has 5 nitrogen and oxygen atoms in total. The summed E-state index contributed by atoms with van der Waals surface area (Å²) in [6, 6.07) is 6.03. The Hall–Kier alpha value is -1.27. The maximum Gasteiger partial charge on any atom is 0.266 e. The highest BCUT2D eigenvalue weighted by molar-refractivity contribution is 7.89. The van der Waals surface area contributed by atoms with E-state index in [4.69, 9.17) is 17.0 Å². The molecule has 0 saturated carbocycles. The van der Waals surface area contributed by atoms with Gasteiger partial charge in [-0.2, -0.15) is 0 Å². The van der Waals surface area contributed by atoms with Gasteiger partial charge < -0.3 is 4.90 Å². The minimum Gasteiger partial charge on any atom is -0.340 e. The first-order chi connectivity index (χ1) is 9.46. The zero-order chi connectivity index (χ0) is 14.8. The second-order valence-corrected chi connectivity index (χ2v) is 6.99. The number of hydrogen-bond donors (Lipinski definition) is 1. The van der Waals surface area contributed by atoms with E-state index in [2.05, 4.69) is 6.92 Å². The van der Waals surface area contributed by atoms with Crippen LogP contribution in [0.15, 0.2) is 29.2 Å². The number of nitrogens with one attached hydrogen (secondary N) is 1. The van der Waals surface area contributed by atoms with Gasteiger partial charge in [0.15, 0.2) is 0 Å². The topological polar surface area (TPSA) is 64.5 Å². The van der Waals surface area contributed by atoms with Crippen molar-refractivity contribution in [1.82, 2.24) is 9.21 Å². The summed E-state index contributed by atoms with van der Waals surface area (Å²) in [6.45, 7) is 3.70. The Kier molecular flexibility index (Phi) is 4.55. The summed E-state index contributed by atoms with van der Waals surface area (Å²) in [7, 11) is -3.65. The van der Waals surface area contributed by atoms with E-state index in [1.165, 1.54) is 12.1 Å². The van der Waals surface area contributed by atoms with E-state index in [0.29, 0.717) is 18.1 Å². The summed E-state index contributed by atoms with van der Waals surface area (Å²) in [4.78, 5) is 1.97. The number of nitrogens with zero attached hydrogens (tertiary/aromatic N) is 2. The number of rotatable bonds is 5. The first kappa shape index (κ1) is 15.1. The molecule has 1 N–H and O–H groups in total. The van der Waals surface area contributed by atoms with Crippen LogP contribution in [0.25, 0.3) is 0 Å². The lowest BCUT2D eigenvalue weighted by molar-refractivity contribution is 0.445. The third-order valence-corrected chi connectivity index (χ3v) is 5.35. The smallest absolute Gasteiger partial charge is 0.266 e. The normalized spacial score (nSPS) is 16.0. The molecule has 0 unspecified atom stereocenters. The number of guanidine groups is 1. The molecule has 2 rings (SSSR count).